The number of carbonyl (C=O) groups excluding carboxylic acids is 1. The van der Waals surface area contributed by atoms with Crippen molar-refractivity contribution in [2.45, 2.75) is 27.3 Å². The van der Waals surface area contributed by atoms with Crippen LogP contribution in [-0.4, -0.2) is 11.7 Å². The van der Waals surface area contributed by atoms with Gasteiger partial charge in [0.1, 0.15) is 5.84 Å². The van der Waals surface area contributed by atoms with Gasteiger partial charge in [0.15, 0.2) is 0 Å². The Kier molecular flexibility index (Phi) is 3.89. The fraction of sp³-hybridized carbons (Fsp3) is 0.385. The summed E-state index contributed by atoms with van der Waals surface area (Å²) in [6.07, 6.45) is 0. The number of nitrogens with one attached hydrogen (secondary N) is 2. The molecule has 1 aromatic carbocycles. The third kappa shape index (κ3) is 3.90. The van der Waals surface area contributed by atoms with Gasteiger partial charge in [0.05, 0.1) is 0 Å². The lowest BCUT2D eigenvalue weighted by Crippen LogP contribution is -2.34. The van der Waals surface area contributed by atoms with Crippen LogP contribution in [0.2, 0.25) is 0 Å². The van der Waals surface area contributed by atoms with Crippen molar-refractivity contribution in [3.8, 4) is 0 Å². The van der Waals surface area contributed by atoms with E-state index in [0.29, 0.717) is 12.1 Å². The van der Waals surface area contributed by atoms with Gasteiger partial charge in [0.25, 0.3) is 0 Å². The number of amidine groups is 1. The van der Waals surface area contributed by atoms with Crippen LogP contribution in [0.5, 0.6) is 0 Å². The molecule has 0 aliphatic heterocycles. The second-order valence-corrected chi connectivity index (χ2v) is 5.04. The molecule has 4 nitrogen and oxygen atoms in total. The molecule has 4 heteroatoms. The first-order chi connectivity index (χ1) is 7.80. The van der Waals surface area contributed by atoms with Crippen molar-refractivity contribution >= 4 is 11.7 Å². The second kappa shape index (κ2) is 4.99. The highest BCUT2D eigenvalue weighted by Crippen LogP contribution is 2.13. The average molecular weight is 233 g/mol. The molecule has 1 aromatic rings. The van der Waals surface area contributed by atoms with Gasteiger partial charge in [-0.2, -0.15) is 0 Å². The summed E-state index contributed by atoms with van der Waals surface area (Å²) in [5.41, 5.74) is 6.66. The molecule has 0 heterocycles. The topological polar surface area (TPSA) is 79.0 Å². The number of hydrogen-bond acceptors (Lipinski definition) is 2. The maximum absolute atomic E-state index is 11.6. The molecule has 0 bridgehead atoms. The van der Waals surface area contributed by atoms with E-state index in [1.54, 1.807) is 12.1 Å². The second-order valence-electron chi connectivity index (χ2n) is 5.04. The molecule has 0 radical (unpaired) electrons. The van der Waals surface area contributed by atoms with Crippen LogP contribution in [0.25, 0.3) is 0 Å². The van der Waals surface area contributed by atoms with Crippen molar-refractivity contribution in [3.05, 3.63) is 35.4 Å². The number of nitrogens with two attached hydrogens (primary N) is 1. The summed E-state index contributed by atoms with van der Waals surface area (Å²) < 4.78 is 0. The summed E-state index contributed by atoms with van der Waals surface area (Å²) in [6, 6.07) is 7.28. The Hall–Kier alpha value is -1.84. The van der Waals surface area contributed by atoms with Gasteiger partial charge in [0, 0.05) is 17.5 Å². The molecule has 0 aliphatic rings. The molecular formula is C13H19N3O. The first-order valence-corrected chi connectivity index (χ1v) is 5.52. The van der Waals surface area contributed by atoms with E-state index in [0.717, 1.165) is 5.56 Å². The van der Waals surface area contributed by atoms with Crippen LogP contribution in [0.3, 0.4) is 0 Å². The zero-order valence-electron chi connectivity index (χ0n) is 10.5. The largest absolute Gasteiger partial charge is 0.384 e. The first kappa shape index (κ1) is 13.2. The normalized spacial score (nSPS) is 11.0. The number of amides is 1. The minimum absolute atomic E-state index is 0.0214. The van der Waals surface area contributed by atoms with Gasteiger partial charge in [-0.15, -0.1) is 0 Å². The van der Waals surface area contributed by atoms with Crippen LogP contribution in [0.1, 0.15) is 31.9 Å². The standard InChI is InChI=1S/C13H19N3O/c1-13(2,3)12(17)16-8-9-4-6-10(7-5-9)11(14)15/h4-7H,8H2,1-3H3,(H3,14,15)(H,16,17). The SMILES string of the molecule is CC(C)(C)C(=O)NCc1ccc(C(=N)N)cc1. The average Bonchev–Trinajstić information content (AvgIpc) is 2.25. The molecule has 0 saturated carbocycles. The predicted octanol–water partition coefficient (Wildman–Crippen LogP) is 1.63. The lowest BCUT2D eigenvalue weighted by molar-refractivity contribution is -0.128. The lowest BCUT2D eigenvalue weighted by atomic mass is 9.95. The molecule has 0 aromatic heterocycles. The molecule has 0 atom stereocenters. The summed E-state index contributed by atoms with van der Waals surface area (Å²) in [4.78, 5) is 11.6. The van der Waals surface area contributed by atoms with E-state index in [1.165, 1.54) is 0 Å². The van der Waals surface area contributed by atoms with E-state index in [9.17, 15) is 4.79 Å². The van der Waals surface area contributed by atoms with E-state index in [2.05, 4.69) is 5.32 Å². The fourth-order valence-corrected chi connectivity index (χ4v) is 1.25. The van der Waals surface area contributed by atoms with Crippen LogP contribution in [0.4, 0.5) is 0 Å². The number of carbonyl (C=O) groups is 1. The Bertz CT molecular complexity index is 415. The van der Waals surface area contributed by atoms with Crippen LogP contribution >= 0.6 is 0 Å². The molecular weight excluding hydrogens is 214 g/mol. The molecule has 92 valence electrons. The first-order valence-electron chi connectivity index (χ1n) is 5.52. The molecule has 4 N–H and O–H groups in total. The third-order valence-corrected chi connectivity index (χ3v) is 2.40. The Balaban J connectivity index is 2.59. The zero-order chi connectivity index (χ0) is 13.1. The fourth-order valence-electron chi connectivity index (χ4n) is 1.25. The summed E-state index contributed by atoms with van der Waals surface area (Å²) in [5.74, 6) is 0.0726. The highest BCUT2D eigenvalue weighted by atomic mass is 16.2. The van der Waals surface area contributed by atoms with Crippen LogP contribution < -0.4 is 11.1 Å². The summed E-state index contributed by atoms with van der Waals surface area (Å²) in [7, 11) is 0. The Morgan fingerprint density at radius 1 is 1.29 bits per heavy atom. The van der Waals surface area contributed by atoms with Gasteiger partial charge in [0.2, 0.25) is 5.91 Å². The number of rotatable bonds is 3. The summed E-state index contributed by atoms with van der Waals surface area (Å²) in [6.45, 7) is 6.12. The minimum atomic E-state index is -0.376. The van der Waals surface area contributed by atoms with Gasteiger partial charge in [-0.3, -0.25) is 10.2 Å². The van der Waals surface area contributed by atoms with Gasteiger partial charge in [-0.05, 0) is 5.56 Å². The molecule has 17 heavy (non-hydrogen) atoms. The van der Waals surface area contributed by atoms with Crippen LogP contribution in [0, 0.1) is 10.8 Å². The van der Waals surface area contributed by atoms with E-state index in [1.807, 2.05) is 32.9 Å². The number of nitrogen functional groups attached to an aromatic ring is 1. The van der Waals surface area contributed by atoms with E-state index in [4.69, 9.17) is 11.1 Å². The van der Waals surface area contributed by atoms with Gasteiger partial charge in [-0.25, -0.2) is 0 Å². The van der Waals surface area contributed by atoms with Crippen molar-refractivity contribution in [2.24, 2.45) is 11.1 Å². The highest BCUT2D eigenvalue weighted by molar-refractivity contribution is 5.94. The van der Waals surface area contributed by atoms with Crippen LogP contribution in [-0.2, 0) is 11.3 Å². The summed E-state index contributed by atoms with van der Waals surface area (Å²) >= 11 is 0. The van der Waals surface area contributed by atoms with Crippen molar-refractivity contribution in [3.63, 3.8) is 0 Å². The molecule has 0 unspecified atom stereocenters. The van der Waals surface area contributed by atoms with Crippen molar-refractivity contribution in [1.82, 2.24) is 5.32 Å². The van der Waals surface area contributed by atoms with E-state index in [-0.39, 0.29) is 17.2 Å². The van der Waals surface area contributed by atoms with Crippen molar-refractivity contribution in [1.29, 1.82) is 5.41 Å². The van der Waals surface area contributed by atoms with Crippen molar-refractivity contribution < 1.29 is 4.79 Å². The zero-order valence-corrected chi connectivity index (χ0v) is 10.5. The van der Waals surface area contributed by atoms with Gasteiger partial charge in [-0.1, -0.05) is 45.0 Å². The molecule has 0 aliphatic carbocycles. The molecule has 0 saturated heterocycles. The quantitative estimate of drug-likeness (QED) is 0.548. The maximum atomic E-state index is 11.6. The summed E-state index contributed by atoms with van der Waals surface area (Å²) in [5, 5.41) is 10.1. The van der Waals surface area contributed by atoms with Crippen molar-refractivity contribution in [2.75, 3.05) is 0 Å². The third-order valence-electron chi connectivity index (χ3n) is 2.40. The van der Waals surface area contributed by atoms with Gasteiger partial charge >= 0.3 is 0 Å². The van der Waals surface area contributed by atoms with E-state index < -0.39 is 0 Å². The predicted molar refractivity (Wildman–Crippen MR) is 68.8 cm³/mol. The number of hydrogen-bond donors (Lipinski definition) is 3. The Labute approximate surface area is 102 Å². The van der Waals surface area contributed by atoms with Crippen LogP contribution in [0.15, 0.2) is 24.3 Å². The van der Waals surface area contributed by atoms with Gasteiger partial charge < -0.3 is 11.1 Å². The lowest BCUT2D eigenvalue weighted by Gasteiger charge is -2.17. The molecule has 1 rings (SSSR count). The number of benzene rings is 1. The molecule has 1 amide bonds. The van der Waals surface area contributed by atoms with E-state index >= 15 is 0 Å². The minimum Gasteiger partial charge on any atom is -0.384 e. The highest BCUT2D eigenvalue weighted by Gasteiger charge is 2.20. The smallest absolute Gasteiger partial charge is 0.225 e. The monoisotopic (exact) mass is 233 g/mol. The Morgan fingerprint density at radius 3 is 2.24 bits per heavy atom. The molecule has 0 fully saturated rings. The molecule has 0 spiro atoms. The Morgan fingerprint density at radius 2 is 1.82 bits per heavy atom. The maximum Gasteiger partial charge on any atom is 0.225 e.